The predicted octanol–water partition coefficient (Wildman–Crippen LogP) is 2.25. The van der Waals surface area contributed by atoms with E-state index in [1.165, 1.54) is 0 Å². The summed E-state index contributed by atoms with van der Waals surface area (Å²) < 4.78 is 6.02. The van der Waals surface area contributed by atoms with Crippen molar-refractivity contribution in [2.24, 2.45) is 0 Å². The molecule has 0 saturated carbocycles. The van der Waals surface area contributed by atoms with Crippen LogP contribution in [-0.2, 0) is 16.1 Å². The van der Waals surface area contributed by atoms with Crippen LogP contribution in [0.5, 0.6) is 0 Å². The largest absolute Gasteiger partial charge is 0.452 e. The molecule has 5 heteroatoms. The smallest absolute Gasteiger partial charge is 0.413 e. The second kappa shape index (κ2) is 4.70. The standard InChI is InChI=1S/C11H8N2O2S/c12-13-6-11(14)15-7-9-5-8-3-1-2-4-10(8)16-9/h1-6H,7H2. The molecule has 0 unspecified atom stereocenters. The fourth-order valence-electron chi connectivity index (χ4n) is 1.33. The van der Waals surface area contributed by atoms with Gasteiger partial charge in [0.15, 0.2) is 0 Å². The van der Waals surface area contributed by atoms with E-state index < -0.39 is 5.97 Å². The highest BCUT2D eigenvalue weighted by Gasteiger charge is 2.06. The van der Waals surface area contributed by atoms with E-state index in [9.17, 15) is 4.79 Å². The maximum atomic E-state index is 10.9. The van der Waals surface area contributed by atoms with E-state index in [0.29, 0.717) is 0 Å². The number of rotatable bonds is 3. The first kappa shape index (κ1) is 10.5. The summed E-state index contributed by atoms with van der Waals surface area (Å²) in [4.78, 5) is 14.5. The zero-order chi connectivity index (χ0) is 11.4. The molecule has 80 valence electrons. The van der Waals surface area contributed by atoms with Crippen molar-refractivity contribution in [3.8, 4) is 0 Å². The molecule has 2 rings (SSSR count). The van der Waals surface area contributed by atoms with Gasteiger partial charge < -0.3 is 10.3 Å². The Morgan fingerprint density at radius 2 is 2.31 bits per heavy atom. The van der Waals surface area contributed by atoms with Crippen LogP contribution in [-0.4, -0.2) is 17.0 Å². The normalized spacial score (nSPS) is 9.75. The highest BCUT2D eigenvalue weighted by molar-refractivity contribution is 7.19. The summed E-state index contributed by atoms with van der Waals surface area (Å²) >= 11 is 1.57. The molecule has 16 heavy (non-hydrogen) atoms. The van der Waals surface area contributed by atoms with E-state index in [2.05, 4.69) is 4.79 Å². The Balaban J connectivity index is 2.10. The van der Waals surface area contributed by atoms with Gasteiger partial charge in [0.05, 0.1) is 0 Å². The Morgan fingerprint density at radius 1 is 1.50 bits per heavy atom. The van der Waals surface area contributed by atoms with Gasteiger partial charge in [-0.25, -0.2) is 4.79 Å². The monoisotopic (exact) mass is 232 g/mol. The van der Waals surface area contributed by atoms with Crippen LogP contribution >= 0.6 is 11.3 Å². The zero-order valence-electron chi connectivity index (χ0n) is 8.29. The lowest BCUT2D eigenvalue weighted by atomic mass is 10.2. The summed E-state index contributed by atoms with van der Waals surface area (Å²) in [5.74, 6) is -0.653. The van der Waals surface area contributed by atoms with Crippen molar-refractivity contribution in [3.63, 3.8) is 0 Å². The van der Waals surface area contributed by atoms with Crippen LogP contribution < -0.4 is 0 Å². The maximum absolute atomic E-state index is 10.9. The lowest BCUT2D eigenvalue weighted by molar-refractivity contribution is -0.140. The average Bonchev–Trinajstić information content (AvgIpc) is 2.69. The van der Waals surface area contributed by atoms with Crippen molar-refractivity contribution in [1.82, 2.24) is 0 Å². The first-order valence-corrected chi connectivity index (χ1v) is 5.43. The van der Waals surface area contributed by atoms with Gasteiger partial charge in [-0.1, -0.05) is 18.2 Å². The Bertz CT molecular complexity index is 537. The zero-order valence-corrected chi connectivity index (χ0v) is 9.11. The molecule has 4 nitrogen and oxygen atoms in total. The van der Waals surface area contributed by atoms with Crippen molar-refractivity contribution in [2.75, 3.05) is 0 Å². The Morgan fingerprint density at radius 3 is 3.06 bits per heavy atom. The molecule has 0 fully saturated rings. The Hall–Kier alpha value is -1.97. The topological polar surface area (TPSA) is 62.7 Å². The van der Waals surface area contributed by atoms with Gasteiger partial charge in [-0.3, -0.25) is 0 Å². The van der Waals surface area contributed by atoms with Crippen molar-refractivity contribution < 1.29 is 14.3 Å². The number of carbonyl (C=O) groups is 1. The van der Waals surface area contributed by atoms with Gasteiger partial charge >= 0.3 is 12.2 Å². The molecule has 1 aromatic heterocycles. The number of nitrogens with zero attached hydrogens (tertiary/aromatic N) is 2. The molecule has 0 radical (unpaired) electrons. The molecule has 0 amide bonds. The molecule has 0 aliphatic heterocycles. The van der Waals surface area contributed by atoms with Crippen molar-refractivity contribution in [1.29, 1.82) is 0 Å². The van der Waals surface area contributed by atoms with E-state index in [1.807, 2.05) is 30.3 Å². The minimum Gasteiger partial charge on any atom is -0.452 e. The minimum absolute atomic E-state index is 0.199. The first-order chi connectivity index (χ1) is 7.79. The van der Waals surface area contributed by atoms with Crippen LogP contribution in [0.3, 0.4) is 0 Å². The van der Waals surface area contributed by atoms with E-state index in [-0.39, 0.29) is 6.61 Å². The third kappa shape index (κ3) is 2.34. The summed E-state index contributed by atoms with van der Waals surface area (Å²) in [5, 5.41) is 1.13. The summed E-state index contributed by atoms with van der Waals surface area (Å²) in [5.41, 5.74) is 8.12. The summed E-state index contributed by atoms with van der Waals surface area (Å²) in [6, 6.07) is 9.92. The molecular formula is C11H8N2O2S. The molecule has 2 aromatic rings. The molecule has 0 atom stereocenters. The third-order valence-electron chi connectivity index (χ3n) is 2.00. The first-order valence-electron chi connectivity index (χ1n) is 4.61. The van der Waals surface area contributed by atoms with Crippen LogP contribution in [0.4, 0.5) is 0 Å². The molecular weight excluding hydrogens is 224 g/mol. The van der Waals surface area contributed by atoms with E-state index >= 15 is 0 Å². The van der Waals surface area contributed by atoms with Gasteiger partial charge in [0.2, 0.25) is 0 Å². The van der Waals surface area contributed by atoms with Gasteiger partial charge in [0, 0.05) is 9.58 Å². The fourth-order valence-corrected chi connectivity index (χ4v) is 2.31. The predicted molar refractivity (Wildman–Crippen MR) is 61.3 cm³/mol. The quantitative estimate of drug-likeness (QED) is 0.352. The number of hydrogen-bond acceptors (Lipinski definition) is 3. The maximum Gasteiger partial charge on any atom is 0.413 e. The van der Waals surface area contributed by atoms with Crippen LogP contribution in [0.1, 0.15) is 4.88 Å². The van der Waals surface area contributed by atoms with Crippen molar-refractivity contribution >= 4 is 33.6 Å². The number of thiophene rings is 1. The van der Waals surface area contributed by atoms with Gasteiger partial charge in [-0.2, -0.15) is 4.79 Å². The molecule has 0 bridgehead atoms. The molecule has 1 aromatic carbocycles. The van der Waals surface area contributed by atoms with E-state index in [4.69, 9.17) is 10.3 Å². The third-order valence-corrected chi connectivity index (χ3v) is 3.09. The van der Waals surface area contributed by atoms with Crippen LogP contribution in [0.2, 0.25) is 0 Å². The summed E-state index contributed by atoms with van der Waals surface area (Å²) in [7, 11) is 0. The number of carbonyl (C=O) groups excluding carboxylic acids is 1. The lowest BCUT2D eigenvalue weighted by Crippen LogP contribution is -2.05. The van der Waals surface area contributed by atoms with E-state index in [1.54, 1.807) is 11.3 Å². The van der Waals surface area contributed by atoms with Crippen molar-refractivity contribution in [3.05, 3.63) is 40.7 Å². The number of esters is 1. The van der Waals surface area contributed by atoms with Gasteiger partial charge in [-0.15, -0.1) is 11.3 Å². The minimum atomic E-state index is -0.653. The summed E-state index contributed by atoms with van der Waals surface area (Å²) in [6.45, 7) is 0.199. The fraction of sp³-hybridized carbons (Fsp3) is 0.0909. The SMILES string of the molecule is [N-]=[N+]=CC(=O)OCc1cc2ccccc2s1. The van der Waals surface area contributed by atoms with Gasteiger partial charge in [0.25, 0.3) is 0 Å². The second-order valence-corrected chi connectivity index (χ2v) is 4.27. The number of ether oxygens (including phenoxy) is 1. The molecule has 0 saturated heterocycles. The van der Waals surface area contributed by atoms with Gasteiger partial charge in [0.1, 0.15) is 6.61 Å². The highest BCUT2D eigenvalue weighted by Crippen LogP contribution is 2.25. The Kier molecular flexibility index (Phi) is 3.10. The molecule has 0 spiro atoms. The van der Waals surface area contributed by atoms with Crippen LogP contribution in [0, 0.1) is 0 Å². The summed E-state index contributed by atoms with van der Waals surface area (Å²) in [6.07, 6.45) is 0.729. The molecule has 0 aliphatic rings. The number of benzene rings is 1. The van der Waals surface area contributed by atoms with Gasteiger partial charge in [-0.05, 0) is 17.5 Å². The van der Waals surface area contributed by atoms with E-state index in [0.717, 1.165) is 21.2 Å². The Labute approximate surface area is 95.7 Å². The lowest BCUT2D eigenvalue weighted by Gasteiger charge is -1.94. The molecule has 1 heterocycles. The average molecular weight is 232 g/mol. The second-order valence-electron chi connectivity index (χ2n) is 3.10. The van der Waals surface area contributed by atoms with Crippen LogP contribution in [0.25, 0.3) is 15.6 Å². The number of fused-ring (bicyclic) bond motifs is 1. The number of hydrogen-bond donors (Lipinski definition) is 0. The van der Waals surface area contributed by atoms with Crippen molar-refractivity contribution in [2.45, 2.75) is 6.61 Å². The molecule has 0 aliphatic carbocycles. The van der Waals surface area contributed by atoms with Crippen LogP contribution in [0.15, 0.2) is 30.3 Å². The highest BCUT2D eigenvalue weighted by atomic mass is 32.1. The molecule has 0 N–H and O–H groups in total.